The molecule has 0 aromatic heterocycles. The van der Waals surface area contributed by atoms with Gasteiger partial charge in [-0.1, -0.05) is 24.3 Å². The molecule has 1 aliphatic rings. The van der Waals surface area contributed by atoms with E-state index in [2.05, 4.69) is 16.0 Å². The van der Waals surface area contributed by atoms with Crippen LogP contribution in [0.2, 0.25) is 0 Å². The molecule has 146 valence electrons. The predicted octanol–water partition coefficient (Wildman–Crippen LogP) is 3.27. The number of rotatable bonds is 5. The number of carbonyl (C=O) groups excluding carboxylic acids is 1. The Morgan fingerprint density at radius 1 is 1.14 bits per heavy atom. The molecule has 0 aliphatic carbocycles. The average Bonchev–Trinajstić information content (AvgIpc) is 2.68. The number of nitrogens with one attached hydrogen (secondary N) is 3. The topological polar surface area (TPSA) is 71.6 Å². The summed E-state index contributed by atoms with van der Waals surface area (Å²) in [5.74, 6) is 0.0331. The number of hydrogen-bond donors (Lipinski definition) is 3. The Balaban J connectivity index is 2.05. The van der Waals surface area contributed by atoms with Crippen molar-refractivity contribution in [1.82, 2.24) is 10.6 Å². The number of benzene rings is 2. The van der Waals surface area contributed by atoms with Gasteiger partial charge in [-0.2, -0.15) is 0 Å². The van der Waals surface area contributed by atoms with Gasteiger partial charge < -0.3 is 25.4 Å². The van der Waals surface area contributed by atoms with Gasteiger partial charge >= 0.3 is 0 Å². The SMILES string of the molecule is COc1cccc([C@H]2NC(=S)NC(C)=C2C(=O)Nc2ccccc2F)c1OC. The Labute approximate surface area is 167 Å². The molecule has 0 radical (unpaired) electrons. The minimum absolute atomic E-state index is 0.0947. The van der Waals surface area contributed by atoms with Crippen LogP contribution in [-0.4, -0.2) is 25.2 Å². The fourth-order valence-corrected chi connectivity index (χ4v) is 3.39. The highest BCUT2D eigenvalue weighted by Crippen LogP contribution is 2.39. The van der Waals surface area contributed by atoms with Crippen LogP contribution in [0.1, 0.15) is 18.5 Å². The first kappa shape index (κ1) is 19.6. The van der Waals surface area contributed by atoms with Gasteiger partial charge in [0, 0.05) is 11.3 Å². The molecule has 1 amide bonds. The van der Waals surface area contributed by atoms with Crippen molar-refractivity contribution in [3.8, 4) is 11.5 Å². The molecule has 3 N–H and O–H groups in total. The molecule has 6 nitrogen and oxygen atoms in total. The quantitative estimate of drug-likeness (QED) is 0.668. The molecule has 8 heteroatoms. The maximum atomic E-state index is 14.0. The van der Waals surface area contributed by atoms with Crippen molar-refractivity contribution in [1.29, 1.82) is 0 Å². The fraction of sp³-hybridized carbons (Fsp3) is 0.200. The smallest absolute Gasteiger partial charge is 0.255 e. The lowest BCUT2D eigenvalue weighted by atomic mass is 9.93. The molecule has 2 aromatic rings. The Morgan fingerprint density at radius 3 is 2.57 bits per heavy atom. The van der Waals surface area contributed by atoms with Crippen molar-refractivity contribution < 1.29 is 18.7 Å². The number of carbonyl (C=O) groups is 1. The molecule has 1 atom stereocenters. The number of ether oxygens (including phenoxy) is 2. The Hall–Kier alpha value is -3.13. The largest absolute Gasteiger partial charge is 0.493 e. The van der Waals surface area contributed by atoms with Crippen molar-refractivity contribution in [2.45, 2.75) is 13.0 Å². The predicted molar refractivity (Wildman–Crippen MR) is 109 cm³/mol. The molecule has 1 aliphatic heterocycles. The third-order valence-corrected chi connectivity index (χ3v) is 4.60. The van der Waals surface area contributed by atoms with E-state index in [9.17, 15) is 9.18 Å². The number of halogens is 1. The summed E-state index contributed by atoms with van der Waals surface area (Å²) in [7, 11) is 3.06. The second kappa shape index (κ2) is 8.26. The highest BCUT2D eigenvalue weighted by atomic mass is 32.1. The zero-order valence-corrected chi connectivity index (χ0v) is 16.4. The fourth-order valence-electron chi connectivity index (χ4n) is 3.12. The average molecular weight is 401 g/mol. The van der Waals surface area contributed by atoms with E-state index >= 15 is 0 Å². The van der Waals surface area contributed by atoms with E-state index in [1.807, 2.05) is 6.07 Å². The van der Waals surface area contributed by atoms with Gasteiger partial charge in [0.15, 0.2) is 16.6 Å². The lowest BCUT2D eigenvalue weighted by Crippen LogP contribution is -2.45. The number of amides is 1. The third kappa shape index (κ3) is 3.77. The lowest BCUT2D eigenvalue weighted by Gasteiger charge is -2.31. The second-order valence-electron chi connectivity index (χ2n) is 6.09. The number of allylic oxidation sites excluding steroid dienone is 1. The van der Waals surface area contributed by atoms with Crippen LogP contribution >= 0.6 is 12.2 Å². The number of para-hydroxylation sites is 2. The van der Waals surface area contributed by atoms with Crippen LogP contribution < -0.4 is 25.4 Å². The van der Waals surface area contributed by atoms with Gasteiger partial charge in [0.2, 0.25) is 0 Å². The van der Waals surface area contributed by atoms with Gasteiger partial charge in [-0.3, -0.25) is 4.79 Å². The lowest BCUT2D eigenvalue weighted by molar-refractivity contribution is -0.113. The molecule has 0 spiro atoms. The highest BCUT2D eigenvalue weighted by Gasteiger charge is 2.32. The summed E-state index contributed by atoms with van der Waals surface area (Å²) in [6, 6.07) is 10.8. The molecule has 0 saturated heterocycles. The van der Waals surface area contributed by atoms with Gasteiger partial charge in [0.25, 0.3) is 5.91 Å². The van der Waals surface area contributed by atoms with E-state index in [0.29, 0.717) is 33.4 Å². The van der Waals surface area contributed by atoms with Crippen LogP contribution in [0.25, 0.3) is 0 Å². The molecule has 0 bridgehead atoms. The molecule has 1 heterocycles. The molecule has 0 unspecified atom stereocenters. The first-order valence-electron chi connectivity index (χ1n) is 8.51. The van der Waals surface area contributed by atoms with Gasteiger partial charge in [-0.15, -0.1) is 0 Å². The van der Waals surface area contributed by atoms with Crippen molar-refractivity contribution in [2.24, 2.45) is 0 Å². The summed E-state index contributed by atoms with van der Waals surface area (Å²) in [5, 5.41) is 9.04. The minimum Gasteiger partial charge on any atom is -0.493 e. The van der Waals surface area contributed by atoms with Crippen molar-refractivity contribution >= 4 is 28.9 Å². The molecular weight excluding hydrogens is 381 g/mol. The maximum Gasteiger partial charge on any atom is 0.255 e. The Kier molecular flexibility index (Phi) is 5.79. The Bertz CT molecular complexity index is 961. The number of anilines is 1. The zero-order valence-electron chi connectivity index (χ0n) is 15.6. The summed E-state index contributed by atoms with van der Waals surface area (Å²) in [6.45, 7) is 1.74. The minimum atomic E-state index is -0.606. The second-order valence-corrected chi connectivity index (χ2v) is 6.50. The third-order valence-electron chi connectivity index (χ3n) is 4.38. The van der Waals surface area contributed by atoms with E-state index in [1.165, 1.54) is 26.4 Å². The van der Waals surface area contributed by atoms with Gasteiger partial charge in [-0.05, 0) is 37.3 Å². The summed E-state index contributed by atoms with van der Waals surface area (Å²) in [5.41, 5.74) is 1.69. The first-order chi connectivity index (χ1) is 13.5. The van der Waals surface area contributed by atoms with Crippen molar-refractivity contribution in [3.63, 3.8) is 0 Å². The monoisotopic (exact) mass is 401 g/mol. The van der Waals surface area contributed by atoms with E-state index < -0.39 is 17.8 Å². The summed E-state index contributed by atoms with van der Waals surface area (Å²) < 4.78 is 24.9. The van der Waals surface area contributed by atoms with Crippen LogP contribution in [0.15, 0.2) is 53.7 Å². The molecule has 0 saturated carbocycles. The van der Waals surface area contributed by atoms with Gasteiger partial charge in [0.05, 0.1) is 31.5 Å². The van der Waals surface area contributed by atoms with Crippen LogP contribution in [-0.2, 0) is 4.79 Å². The zero-order chi connectivity index (χ0) is 20.3. The summed E-state index contributed by atoms with van der Waals surface area (Å²) in [4.78, 5) is 13.0. The number of thiocarbonyl (C=S) groups is 1. The molecule has 3 rings (SSSR count). The van der Waals surface area contributed by atoms with E-state index in [-0.39, 0.29) is 5.69 Å². The van der Waals surface area contributed by atoms with Crippen LogP contribution in [0.5, 0.6) is 11.5 Å². The molecule has 28 heavy (non-hydrogen) atoms. The molecule has 2 aromatic carbocycles. The Morgan fingerprint density at radius 2 is 1.89 bits per heavy atom. The first-order valence-corrected chi connectivity index (χ1v) is 8.92. The van der Waals surface area contributed by atoms with E-state index in [4.69, 9.17) is 21.7 Å². The summed E-state index contributed by atoms with van der Waals surface area (Å²) >= 11 is 5.27. The van der Waals surface area contributed by atoms with Crippen molar-refractivity contribution in [3.05, 3.63) is 65.1 Å². The van der Waals surface area contributed by atoms with Crippen LogP contribution in [0.4, 0.5) is 10.1 Å². The summed E-state index contributed by atoms with van der Waals surface area (Å²) in [6.07, 6.45) is 0. The van der Waals surface area contributed by atoms with Gasteiger partial charge in [0.1, 0.15) is 5.82 Å². The number of hydrogen-bond acceptors (Lipinski definition) is 4. The van der Waals surface area contributed by atoms with Crippen LogP contribution in [0, 0.1) is 5.82 Å². The number of methoxy groups -OCH3 is 2. The normalized spacial score (nSPS) is 16.1. The van der Waals surface area contributed by atoms with E-state index in [1.54, 1.807) is 31.2 Å². The highest BCUT2D eigenvalue weighted by molar-refractivity contribution is 7.80. The molecule has 0 fully saturated rings. The van der Waals surface area contributed by atoms with Crippen LogP contribution in [0.3, 0.4) is 0 Å². The van der Waals surface area contributed by atoms with E-state index in [0.717, 1.165) is 0 Å². The molecular formula is C20H20FN3O3S. The van der Waals surface area contributed by atoms with Gasteiger partial charge in [-0.25, -0.2) is 4.39 Å². The maximum absolute atomic E-state index is 14.0. The van der Waals surface area contributed by atoms with Crippen molar-refractivity contribution in [2.75, 3.05) is 19.5 Å². The standard InChI is InChI=1S/C20H20FN3O3S/c1-11-16(19(25)23-14-9-5-4-8-13(14)21)17(24-20(28)22-11)12-7-6-10-15(26-2)18(12)27-3/h4-10,17H,1-3H3,(H,23,25)(H2,22,24,28)/t17-/m1/s1.